The van der Waals surface area contributed by atoms with Crippen molar-refractivity contribution >= 4 is 21.8 Å². The number of sulfonamides is 1. The SMILES string of the molecule is CCNc1cc(C)nc(NCCNS(=O)(=O)c2ccc3c(c2)CCO3)n1. The van der Waals surface area contributed by atoms with Crippen molar-refractivity contribution in [1.82, 2.24) is 14.7 Å². The van der Waals surface area contributed by atoms with Crippen molar-refractivity contribution in [2.45, 2.75) is 25.2 Å². The Kier molecular flexibility index (Phi) is 5.58. The van der Waals surface area contributed by atoms with E-state index in [4.69, 9.17) is 4.74 Å². The number of anilines is 2. The molecule has 0 radical (unpaired) electrons. The number of nitrogens with one attached hydrogen (secondary N) is 3. The molecule has 0 unspecified atom stereocenters. The molecule has 0 aliphatic carbocycles. The summed E-state index contributed by atoms with van der Waals surface area (Å²) in [4.78, 5) is 8.88. The van der Waals surface area contributed by atoms with Gasteiger partial charge in [0, 0.05) is 37.8 Å². The maximum Gasteiger partial charge on any atom is 0.240 e. The summed E-state index contributed by atoms with van der Waals surface area (Å²) in [6, 6.07) is 6.80. The molecule has 2 aromatic rings. The van der Waals surface area contributed by atoms with Crippen LogP contribution in [0.3, 0.4) is 0 Å². The maximum atomic E-state index is 12.4. The zero-order chi connectivity index (χ0) is 18.6. The second-order valence-corrected chi connectivity index (χ2v) is 7.71. The van der Waals surface area contributed by atoms with Gasteiger partial charge in [-0.15, -0.1) is 0 Å². The van der Waals surface area contributed by atoms with Gasteiger partial charge in [-0.1, -0.05) is 0 Å². The quantitative estimate of drug-likeness (QED) is 0.599. The lowest BCUT2D eigenvalue weighted by atomic mass is 10.2. The smallest absolute Gasteiger partial charge is 0.240 e. The molecule has 0 bridgehead atoms. The highest BCUT2D eigenvalue weighted by Crippen LogP contribution is 2.27. The van der Waals surface area contributed by atoms with Gasteiger partial charge in [-0.05, 0) is 37.6 Å². The normalized spacial score (nSPS) is 13.2. The number of fused-ring (bicyclic) bond motifs is 1. The first kappa shape index (κ1) is 18.4. The number of ether oxygens (including phenoxy) is 1. The minimum Gasteiger partial charge on any atom is -0.493 e. The average Bonchev–Trinajstić information content (AvgIpc) is 3.06. The molecule has 8 nitrogen and oxygen atoms in total. The van der Waals surface area contributed by atoms with Crippen molar-refractivity contribution in [1.29, 1.82) is 0 Å². The van der Waals surface area contributed by atoms with Crippen LogP contribution in [0.5, 0.6) is 5.75 Å². The standard InChI is InChI=1S/C17H23N5O3S/c1-3-18-16-10-12(2)21-17(22-16)19-7-8-20-26(23,24)14-4-5-15-13(11-14)6-9-25-15/h4-5,10-11,20H,3,6-9H2,1-2H3,(H2,18,19,21,22). The van der Waals surface area contributed by atoms with Crippen LogP contribution in [0.2, 0.25) is 0 Å². The van der Waals surface area contributed by atoms with Crippen LogP contribution in [-0.2, 0) is 16.4 Å². The first-order valence-corrected chi connectivity index (χ1v) is 10.0. The molecule has 1 aliphatic rings. The summed E-state index contributed by atoms with van der Waals surface area (Å²) in [5.41, 5.74) is 1.76. The molecule has 0 amide bonds. The molecule has 140 valence electrons. The fraction of sp³-hybridized carbons (Fsp3) is 0.412. The Morgan fingerprint density at radius 2 is 2.00 bits per heavy atom. The molecule has 2 heterocycles. The number of nitrogens with zero attached hydrogens (tertiary/aromatic N) is 2. The van der Waals surface area contributed by atoms with E-state index in [9.17, 15) is 8.42 Å². The number of aryl methyl sites for hydroxylation is 1. The molecule has 26 heavy (non-hydrogen) atoms. The molecular formula is C17H23N5O3S. The number of aromatic nitrogens is 2. The van der Waals surface area contributed by atoms with Crippen LogP contribution in [0.4, 0.5) is 11.8 Å². The van der Waals surface area contributed by atoms with Crippen LogP contribution in [0, 0.1) is 6.92 Å². The molecular weight excluding hydrogens is 354 g/mol. The Bertz CT molecular complexity index is 886. The lowest BCUT2D eigenvalue weighted by Crippen LogP contribution is -2.29. The number of benzene rings is 1. The van der Waals surface area contributed by atoms with Crippen molar-refractivity contribution in [3.05, 3.63) is 35.5 Å². The first-order valence-electron chi connectivity index (χ1n) is 8.57. The Morgan fingerprint density at radius 3 is 2.81 bits per heavy atom. The fourth-order valence-electron chi connectivity index (χ4n) is 2.69. The molecule has 3 rings (SSSR count). The Balaban J connectivity index is 1.56. The number of rotatable bonds is 8. The van der Waals surface area contributed by atoms with E-state index in [0.29, 0.717) is 19.1 Å². The summed E-state index contributed by atoms with van der Waals surface area (Å²) in [6.45, 7) is 5.84. The molecule has 0 saturated heterocycles. The minimum absolute atomic E-state index is 0.226. The van der Waals surface area contributed by atoms with Gasteiger partial charge in [-0.3, -0.25) is 0 Å². The molecule has 0 saturated carbocycles. The molecule has 0 fully saturated rings. The third kappa shape index (κ3) is 4.41. The van der Waals surface area contributed by atoms with Gasteiger partial charge in [0.25, 0.3) is 0 Å². The highest BCUT2D eigenvalue weighted by Gasteiger charge is 2.18. The summed E-state index contributed by atoms with van der Waals surface area (Å²) in [5, 5.41) is 6.17. The molecule has 1 aliphatic heterocycles. The van der Waals surface area contributed by atoms with Crippen LogP contribution < -0.4 is 20.1 Å². The van der Waals surface area contributed by atoms with E-state index in [1.807, 2.05) is 19.9 Å². The summed E-state index contributed by atoms with van der Waals surface area (Å²) >= 11 is 0. The third-order valence-corrected chi connectivity index (χ3v) is 5.34. The predicted molar refractivity (Wildman–Crippen MR) is 100 cm³/mol. The maximum absolute atomic E-state index is 12.4. The van der Waals surface area contributed by atoms with Gasteiger partial charge >= 0.3 is 0 Å². The third-order valence-electron chi connectivity index (χ3n) is 3.88. The number of hydrogen-bond donors (Lipinski definition) is 3. The van der Waals surface area contributed by atoms with Crippen LogP contribution >= 0.6 is 0 Å². The predicted octanol–water partition coefficient (Wildman–Crippen LogP) is 1.54. The largest absolute Gasteiger partial charge is 0.493 e. The zero-order valence-electron chi connectivity index (χ0n) is 14.9. The van der Waals surface area contributed by atoms with Crippen molar-refractivity contribution in [2.24, 2.45) is 0 Å². The Morgan fingerprint density at radius 1 is 1.15 bits per heavy atom. The fourth-order valence-corrected chi connectivity index (χ4v) is 3.77. The van der Waals surface area contributed by atoms with Gasteiger partial charge in [0.1, 0.15) is 11.6 Å². The van der Waals surface area contributed by atoms with E-state index in [0.717, 1.165) is 35.8 Å². The summed E-state index contributed by atoms with van der Waals surface area (Å²) in [6.07, 6.45) is 0.735. The van der Waals surface area contributed by atoms with Crippen molar-refractivity contribution in [2.75, 3.05) is 36.9 Å². The highest BCUT2D eigenvalue weighted by atomic mass is 32.2. The van der Waals surface area contributed by atoms with Gasteiger partial charge in [-0.2, -0.15) is 4.98 Å². The van der Waals surface area contributed by atoms with E-state index in [2.05, 4.69) is 25.3 Å². The van der Waals surface area contributed by atoms with E-state index in [-0.39, 0.29) is 11.4 Å². The van der Waals surface area contributed by atoms with Crippen molar-refractivity contribution < 1.29 is 13.2 Å². The van der Waals surface area contributed by atoms with Gasteiger partial charge < -0.3 is 15.4 Å². The van der Waals surface area contributed by atoms with Crippen molar-refractivity contribution in [3.8, 4) is 5.75 Å². The lowest BCUT2D eigenvalue weighted by molar-refractivity contribution is 0.356. The second kappa shape index (κ2) is 7.88. The molecule has 0 atom stereocenters. The molecule has 3 N–H and O–H groups in total. The monoisotopic (exact) mass is 377 g/mol. The van der Waals surface area contributed by atoms with Crippen LogP contribution in [0.1, 0.15) is 18.2 Å². The van der Waals surface area contributed by atoms with E-state index in [1.165, 1.54) is 0 Å². The second-order valence-electron chi connectivity index (χ2n) is 5.94. The molecule has 9 heteroatoms. The average molecular weight is 377 g/mol. The van der Waals surface area contributed by atoms with E-state index >= 15 is 0 Å². The van der Waals surface area contributed by atoms with E-state index in [1.54, 1.807) is 18.2 Å². The summed E-state index contributed by atoms with van der Waals surface area (Å²) < 4.78 is 32.8. The minimum atomic E-state index is -3.56. The Hall–Kier alpha value is -2.39. The van der Waals surface area contributed by atoms with Crippen LogP contribution in [0.15, 0.2) is 29.2 Å². The molecule has 0 spiro atoms. The molecule has 1 aromatic carbocycles. The summed E-state index contributed by atoms with van der Waals surface area (Å²) in [5.74, 6) is 1.97. The summed E-state index contributed by atoms with van der Waals surface area (Å²) in [7, 11) is -3.56. The Labute approximate surface area is 153 Å². The number of hydrogen-bond acceptors (Lipinski definition) is 7. The van der Waals surface area contributed by atoms with Gasteiger partial charge in [0.05, 0.1) is 11.5 Å². The van der Waals surface area contributed by atoms with Crippen LogP contribution in [-0.4, -0.2) is 44.6 Å². The van der Waals surface area contributed by atoms with Gasteiger partial charge in [-0.25, -0.2) is 18.1 Å². The van der Waals surface area contributed by atoms with Crippen molar-refractivity contribution in [3.63, 3.8) is 0 Å². The first-order chi connectivity index (χ1) is 12.5. The topological polar surface area (TPSA) is 105 Å². The molecule has 1 aromatic heterocycles. The zero-order valence-corrected chi connectivity index (χ0v) is 15.7. The van der Waals surface area contributed by atoms with Crippen LogP contribution in [0.25, 0.3) is 0 Å². The highest BCUT2D eigenvalue weighted by molar-refractivity contribution is 7.89. The van der Waals surface area contributed by atoms with E-state index < -0.39 is 10.0 Å². The lowest BCUT2D eigenvalue weighted by Gasteiger charge is -2.10. The van der Waals surface area contributed by atoms with Gasteiger partial charge in [0.2, 0.25) is 16.0 Å². The van der Waals surface area contributed by atoms with Gasteiger partial charge in [0.15, 0.2) is 0 Å².